The van der Waals surface area contributed by atoms with E-state index in [2.05, 4.69) is 29.6 Å². The summed E-state index contributed by atoms with van der Waals surface area (Å²) in [6.07, 6.45) is 0. The number of carboxylic acid groups (broad SMARTS) is 1. The molecule has 1 amide bonds. The van der Waals surface area contributed by atoms with E-state index in [0.29, 0.717) is 12.3 Å². The van der Waals surface area contributed by atoms with Gasteiger partial charge >= 0.3 is 5.97 Å². The summed E-state index contributed by atoms with van der Waals surface area (Å²) in [5, 5.41) is 11.7. The van der Waals surface area contributed by atoms with Crippen molar-refractivity contribution in [1.29, 1.82) is 0 Å². The van der Waals surface area contributed by atoms with Gasteiger partial charge in [-0.3, -0.25) is 4.79 Å². The van der Waals surface area contributed by atoms with Crippen LogP contribution in [0.15, 0.2) is 48.5 Å². The predicted octanol–water partition coefficient (Wildman–Crippen LogP) is 3.24. The Labute approximate surface area is 139 Å². The Balaban J connectivity index is 1.70. The zero-order chi connectivity index (χ0) is 16.7. The Hall–Kier alpha value is -2.27. The van der Waals surface area contributed by atoms with Crippen LogP contribution in [0.5, 0.6) is 0 Å². The van der Waals surface area contributed by atoms with Crippen molar-refractivity contribution in [3.8, 4) is 0 Å². The van der Waals surface area contributed by atoms with Crippen molar-refractivity contribution in [3.05, 3.63) is 70.8 Å². The lowest BCUT2D eigenvalue weighted by Crippen LogP contribution is -2.24. The van der Waals surface area contributed by atoms with E-state index in [9.17, 15) is 9.59 Å². The largest absolute Gasteiger partial charge is 0.478 e. The number of hydrogen-bond donors (Lipinski definition) is 2. The number of carbonyl (C=O) groups excluding carboxylic acids is 1. The minimum atomic E-state index is -0.951. The first-order valence-electron chi connectivity index (χ1n) is 7.27. The molecule has 0 saturated carbocycles. The van der Waals surface area contributed by atoms with E-state index in [0.717, 1.165) is 11.3 Å². The molecule has 0 fully saturated rings. The van der Waals surface area contributed by atoms with Crippen molar-refractivity contribution < 1.29 is 14.7 Å². The van der Waals surface area contributed by atoms with E-state index >= 15 is 0 Å². The first-order chi connectivity index (χ1) is 11.0. The summed E-state index contributed by atoms with van der Waals surface area (Å²) in [5.74, 6) is 0.236. The minimum absolute atomic E-state index is 0.0237. The maximum Gasteiger partial charge on any atom is 0.335 e. The fraction of sp³-hybridized carbons (Fsp3) is 0.222. The van der Waals surface area contributed by atoms with Crippen LogP contribution in [0.2, 0.25) is 0 Å². The van der Waals surface area contributed by atoms with Gasteiger partial charge in [0.2, 0.25) is 5.91 Å². The number of carboxylic acids is 1. The summed E-state index contributed by atoms with van der Waals surface area (Å²) in [5.41, 5.74) is 3.56. The number of thioether (sulfide) groups is 1. The average Bonchev–Trinajstić information content (AvgIpc) is 2.55. The molecule has 0 radical (unpaired) electrons. The topological polar surface area (TPSA) is 66.4 Å². The molecule has 5 heteroatoms. The number of rotatable bonds is 7. The molecule has 2 rings (SSSR count). The van der Waals surface area contributed by atoms with Gasteiger partial charge < -0.3 is 10.4 Å². The van der Waals surface area contributed by atoms with E-state index in [1.54, 1.807) is 23.9 Å². The maximum absolute atomic E-state index is 11.8. The fourth-order valence-electron chi connectivity index (χ4n) is 1.96. The van der Waals surface area contributed by atoms with Crippen molar-refractivity contribution in [2.75, 3.05) is 5.75 Å². The molecular weight excluding hydrogens is 310 g/mol. The van der Waals surface area contributed by atoms with Crippen LogP contribution in [0.1, 0.15) is 27.0 Å². The first kappa shape index (κ1) is 17.1. The van der Waals surface area contributed by atoms with Gasteiger partial charge in [-0.2, -0.15) is 0 Å². The summed E-state index contributed by atoms with van der Waals surface area (Å²) in [4.78, 5) is 22.6. The average molecular weight is 329 g/mol. The monoisotopic (exact) mass is 329 g/mol. The molecule has 0 unspecified atom stereocenters. The van der Waals surface area contributed by atoms with Crippen LogP contribution < -0.4 is 5.32 Å². The van der Waals surface area contributed by atoms with Crippen LogP contribution in [0.25, 0.3) is 0 Å². The molecule has 4 nitrogen and oxygen atoms in total. The number of hydrogen-bond acceptors (Lipinski definition) is 3. The van der Waals surface area contributed by atoms with E-state index in [4.69, 9.17) is 5.11 Å². The second-order valence-electron chi connectivity index (χ2n) is 5.26. The molecule has 0 aliphatic rings. The van der Waals surface area contributed by atoms with Gasteiger partial charge in [-0.25, -0.2) is 4.79 Å². The van der Waals surface area contributed by atoms with E-state index in [1.165, 1.54) is 23.3 Å². The maximum atomic E-state index is 11.8. The van der Waals surface area contributed by atoms with Gasteiger partial charge in [-0.1, -0.05) is 42.0 Å². The highest BCUT2D eigenvalue weighted by Crippen LogP contribution is 2.12. The van der Waals surface area contributed by atoms with E-state index < -0.39 is 5.97 Å². The van der Waals surface area contributed by atoms with Gasteiger partial charge in [-0.15, -0.1) is 11.8 Å². The Morgan fingerprint density at radius 3 is 2.22 bits per heavy atom. The lowest BCUT2D eigenvalue weighted by Gasteiger charge is -2.06. The molecule has 0 spiro atoms. The second kappa shape index (κ2) is 8.39. The number of nitrogens with one attached hydrogen (secondary N) is 1. The molecule has 2 aromatic rings. The molecule has 2 N–H and O–H groups in total. The lowest BCUT2D eigenvalue weighted by atomic mass is 10.1. The standard InChI is InChI=1S/C18H19NO3S/c1-13-2-4-15(5-3-13)11-23-12-17(20)19-10-14-6-8-16(9-7-14)18(21)22/h2-9H,10-12H2,1H3,(H,19,20)(H,21,22). The molecule has 120 valence electrons. The lowest BCUT2D eigenvalue weighted by molar-refractivity contribution is -0.118. The Morgan fingerprint density at radius 2 is 1.61 bits per heavy atom. The van der Waals surface area contributed by atoms with Gasteiger partial charge in [0.15, 0.2) is 0 Å². The zero-order valence-corrected chi connectivity index (χ0v) is 13.7. The highest BCUT2D eigenvalue weighted by atomic mass is 32.2. The van der Waals surface area contributed by atoms with Gasteiger partial charge in [-0.05, 0) is 30.2 Å². The fourth-order valence-corrected chi connectivity index (χ4v) is 2.78. The van der Waals surface area contributed by atoms with Crippen molar-refractivity contribution >= 4 is 23.6 Å². The van der Waals surface area contributed by atoms with Gasteiger partial charge in [0, 0.05) is 12.3 Å². The summed E-state index contributed by atoms with van der Waals surface area (Å²) < 4.78 is 0. The van der Waals surface area contributed by atoms with Crippen LogP contribution in [0.4, 0.5) is 0 Å². The summed E-state index contributed by atoms with van der Waals surface area (Å²) in [7, 11) is 0. The Kier molecular flexibility index (Phi) is 6.23. The molecule has 0 aromatic heterocycles. The molecule has 0 bridgehead atoms. The number of amides is 1. The number of carbonyl (C=O) groups is 2. The summed E-state index contributed by atoms with van der Waals surface area (Å²) in [6, 6.07) is 14.8. The molecule has 0 heterocycles. The van der Waals surface area contributed by atoms with Gasteiger partial charge in [0.25, 0.3) is 0 Å². The molecule has 2 aromatic carbocycles. The van der Waals surface area contributed by atoms with Crippen molar-refractivity contribution in [2.45, 2.75) is 19.2 Å². The zero-order valence-electron chi connectivity index (χ0n) is 12.9. The quantitative estimate of drug-likeness (QED) is 0.818. The minimum Gasteiger partial charge on any atom is -0.478 e. The number of aromatic carboxylic acids is 1. The molecular formula is C18H19NO3S. The number of benzene rings is 2. The smallest absolute Gasteiger partial charge is 0.335 e. The SMILES string of the molecule is Cc1ccc(CSCC(=O)NCc2ccc(C(=O)O)cc2)cc1. The summed E-state index contributed by atoms with van der Waals surface area (Å²) in [6.45, 7) is 2.46. The third-order valence-electron chi connectivity index (χ3n) is 3.31. The molecule has 0 atom stereocenters. The van der Waals surface area contributed by atoms with Gasteiger partial charge in [0.1, 0.15) is 0 Å². The van der Waals surface area contributed by atoms with Crippen LogP contribution in [0.3, 0.4) is 0 Å². The normalized spacial score (nSPS) is 10.3. The first-order valence-corrected chi connectivity index (χ1v) is 8.42. The molecule has 0 aliphatic heterocycles. The van der Waals surface area contributed by atoms with Gasteiger partial charge in [0.05, 0.1) is 11.3 Å². The number of aryl methyl sites for hydroxylation is 1. The van der Waals surface area contributed by atoms with Crippen LogP contribution in [-0.4, -0.2) is 22.7 Å². The second-order valence-corrected chi connectivity index (χ2v) is 6.24. The predicted molar refractivity (Wildman–Crippen MR) is 92.6 cm³/mol. The summed E-state index contributed by atoms with van der Waals surface area (Å²) >= 11 is 1.57. The molecule has 23 heavy (non-hydrogen) atoms. The van der Waals surface area contributed by atoms with Crippen molar-refractivity contribution in [2.24, 2.45) is 0 Å². The third kappa shape index (κ3) is 5.79. The Morgan fingerprint density at radius 1 is 1.00 bits per heavy atom. The Bertz CT molecular complexity index is 666. The van der Waals surface area contributed by atoms with Crippen molar-refractivity contribution in [1.82, 2.24) is 5.32 Å². The highest BCUT2D eigenvalue weighted by Gasteiger charge is 2.04. The van der Waals surface area contributed by atoms with Crippen LogP contribution >= 0.6 is 11.8 Å². The van der Waals surface area contributed by atoms with E-state index in [1.807, 2.05) is 6.92 Å². The van der Waals surface area contributed by atoms with Crippen LogP contribution in [-0.2, 0) is 17.1 Å². The van der Waals surface area contributed by atoms with Crippen LogP contribution in [0, 0.1) is 6.92 Å². The van der Waals surface area contributed by atoms with E-state index in [-0.39, 0.29) is 11.5 Å². The third-order valence-corrected chi connectivity index (χ3v) is 4.32. The van der Waals surface area contributed by atoms with Crippen molar-refractivity contribution in [3.63, 3.8) is 0 Å². The molecule has 0 saturated heterocycles. The molecule has 0 aliphatic carbocycles. The highest BCUT2D eigenvalue weighted by molar-refractivity contribution is 7.99.